The van der Waals surface area contributed by atoms with Crippen LogP contribution in [0, 0.1) is 0 Å². The fourth-order valence-electron chi connectivity index (χ4n) is 2.44. The molecule has 0 unspecified atom stereocenters. The smallest absolute Gasteiger partial charge is 0.331 e. The Hall–Kier alpha value is -3.34. The van der Waals surface area contributed by atoms with Crippen LogP contribution < -0.4 is 4.74 Å². The molecule has 3 rings (SSSR count). The molecule has 0 fully saturated rings. The van der Waals surface area contributed by atoms with Crippen LogP contribution in [0.3, 0.4) is 0 Å². The normalized spacial score (nSPS) is 10.9. The van der Waals surface area contributed by atoms with Crippen LogP contribution >= 0.6 is 0 Å². The summed E-state index contributed by atoms with van der Waals surface area (Å²) in [6.07, 6.45) is 4.55. The van der Waals surface area contributed by atoms with Gasteiger partial charge in [-0.3, -0.25) is 4.79 Å². The van der Waals surface area contributed by atoms with E-state index in [1.54, 1.807) is 31.5 Å². The number of carbonyl (C=O) groups is 2. The zero-order valence-electron chi connectivity index (χ0n) is 13.7. The van der Waals surface area contributed by atoms with Crippen molar-refractivity contribution in [1.29, 1.82) is 0 Å². The lowest BCUT2D eigenvalue weighted by atomic mass is 10.1. The molecule has 0 aliphatic rings. The van der Waals surface area contributed by atoms with Gasteiger partial charge in [-0.05, 0) is 29.8 Å². The maximum Gasteiger partial charge on any atom is 0.331 e. The number of Topliss-reactive ketones (excluding diaryl/α,β-unsaturated/α-hetero) is 1. The summed E-state index contributed by atoms with van der Waals surface area (Å²) in [5.74, 6) is -0.0725. The number of ketones is 1. The summed E-state index contributed by atoms with van der Waals surface area (Å²) >= 11 is 0. The van der Waals surface area contributed by atoms with Crippen molar-refractivity contribution in [2.45, 2.75) is 0 Å². The van der Waals surface area contributed by atoms with Crippen molar-refractivity contribution in [3.05, 3.63) is 71.9 Å². The second-order valence-corrected chi connectivity index (χ2v) is 5.39. The Morgan fingerprint density at radius 2 is 1.84 bits per heavy atom. The van der Waals surface area contributed by atoms with Gasteiger partial charge in [-0.25, -0.2) is 4.79 Å². The number of methoxy groups -OCH3 is 1. The number of aromatic nitrogens is 1. The minimum atomic E-state index is -0.566. The molecule has 0 aliphatic heterocycles. The molecule has 0 bridgehead atoms. The first-order valence-electron chi connectivity index (χ1n) is 7.75. The standard InChI is InChI=1S/C20H17NO4/c1-24-15-9-6-14(7-10-15)8-11-20(23)25-13-19(22)17-12-21-18-5-3-2-4-16(17)18/h2-12,21H,13H2,1H3. The van der Waals surface area contributed by atoms with Crippen molar-refractivity contribution in [2.24, 2.45) is 0 Å². The molecule has 1 N–H and O–H groups in total. The highest BCUT2D eigenvalue weighted by molar-refractivity contribution is 6.09. The number of H-pyrrole nitrogens is 1. The Morgan fingerprint density at radius 3 is 2.60 bits per heavy atom. The Balaban J connectivity index is 1.58. The maximum atomic E-state index is 12.2. The largest absolute Gasteiger partial charge is 0.497 e. The quantitative estimate of drug-likeness (QED) is 0.424. The van der Waals surface area contributed by atoms with Crippen LogP contribution in [-0.4, -0.2) is 30.5 Å². The number of fused-ring (bicyclic) bond motifs is 1. The predicted molar refractivity (Wildman–Crippen MR) is 95.6 cm³/mol. The van der Waals surface area contributed by atoms with Gasteiger partial charge in [0, 0.05) is 28.7 Å². The molecule has 2 aromatic carbocycles. The average molecular weight is 335 g/mol. The molecule has 0 radical (unpaired) electrons. The maximum absolute atomic E-state index is 12.2. The Bertz CT molecular complexity index is 922. The van der Waals surface area contributed by atoms with Crippen LogP contribution in [0.4, 0.5) is 0 Å². The molecule has 1 heterocycles. The van der Waals surface area contributed by atoms with E-state index < -0.39 is 5.97 Å². The number of rotatable bonds is 6. The van der Waals surface area contributed by atoms with Gasteiger partial charge in [0.05, 0.1) is 7.11 Å². The molecule has 0 atom stereocenters. The monoisotopic (exact) mass is 335 g/mol. The van der Waals surface area contributed by atoms with Gasteiger partial charge in [-0.1, -0.05) is 30.3 Å². The number of ether oxygens (including phenoxy) is 2. The minimum Gasteiger partial charge on any atom is -0.497 e. The summed E-state index contributed by atoms with van der Waals surface area (Å²) in [4.78, 5) is 27.0. The highest BCUT2D eigenvalue weighted by atomic mass is 16.5. The summed E-state index contributed by atoms with van der Waals surface area (Å²) < 4.78 is 10.1. The lowest BCUT2D eigenvalue weighted by molar-refractivity contribution is -0.136. The molecule has 1 aromatic heterocycles. The Kier molecular flexibility index (Phi) is 4.95. The lowest BCUT2D eigenvalue weighted by Gasteiger charge is -2.01. The Morgan fingerprint density at radius 1 is 1.08 bits per heavy atom. The second kappa shape index (κ2) is 7.49. The van der Waals surface area contributed by atoms with Crippen LogP contribution in [0.15, 0.2) is 60.8 Å². The molecular weight excluding hydrogens is 318 g/mol. The summed E-state index contributed by atoms with van der Waals surface area (Å²) in [5, 5.41) is 0.817. The number of esters is 1. The molecule has 0 spiro atoms. The number of hydrogen-bond acceptors (Lipinski definition) is 4. The molecule has 5 heteroatoms. The van der Waals surface area contributed by atoms with E-state index in [-0.39, 0.29) is 12.4 Å². The van der Waals surface area contributed by atoms with Crippen molar-refractivity contribution in [3.63, 3.8) is 0 Å². The van der Waals surface area contributed by atoms with E-state index in [0.29, 0.717) is 5.56 Å². The first-order valence-corrected chi connectivity index (χ1v) is 7.75. The van der Waals surface area contributed by atoms with E-state index in [4.69, 9.17) is 9.47 Å². The van der Waals surface area contributed by atoms with Crippen LogP contribution in [0.2, 0.25) is 0 Å². The van der Waals surface area contributed by atoms with Crippen LogP contribution in [0.25, 0.3) is 17.0 Å². The van der Waals surface area contributed by atoms with E-state index in [0.717, 1.165) is 22.2 Å². The van der Waals surface area contributed by atoms with E-state index in [1.165, 1.54) is 6.08 Å². The molecular formula is C20H17NO4. The summed E-state index contributed by atoms with van der Waals surface area (Å²) in [6.45, 7) is -0.298. The van der Waals surface area contributed by atoms with Crippen molar-refractivity contribution >= 4 is 28.7 Å². The van der Waals surface area contributed by atoms with Gasteiger partial charge >= 0.3 is 5.97 Å². The van der Waals surface area contributed by atoms with E-state index in [9.17, 15) is 9.59 Å². The van der Waals surface area contributed by atoms with Gasteiger partial charge < -0.3 is 14.5 Å². The molecule has 126 valence electrons. The van der Waals surface area contributed by atoms with Crippen LogP contribution in [0.1, 0.15) is 15.9 Å². The number of carbonyl (C=O) groups excluding carboxylic acids is 2. The number of benzene rings is 2. The third-order valence-electron chi connectivity index (χ3n) is 3.76. The van der Waals surface area contributed by atoms with E-state index >= 15 is 0 Å². The van der Waals surface area contributed by atoms with Gasteiger partial charge in [0.25, 0.3) is 0 Å². The summed E-state index contributed by atoms with van der Waals surface area (Å²) in [5.41, 5.74) is 2.22. The highest BCUT2D eigenvalue weighted by Gasteiger charge is 2.13. The highest BCUT2D eigenvalue weighted by Crippen LogP contribution is 2.18. The lowest BCUT2D eigenvalue weighted by Crippen LogP contribution is -2.12. The topological polar surface area (TPSA) is 68.4 Å². The van der Waals surface area contributed by atoms with Crippen molar-refractivity contribution < 1.29 is 19.1 Å². The molecule has 25 heavy (non-hydrogen) atoms. The van der Waals surface area contributed by atoms with Crippen LogP contribution in [-0.2, 0) is 9.53 Å². The first-order chi connectivity index (χ1) is 12.2. The zero-order valence-corrected chi connectivity index (χ0v) is 13.7. The Labute approximate surface area is 144 Å². The van der Waals surface area contributed by atoms with Gasteiger partial charge in [0.1, 0.15) is 5.75 Å². The van der Waals surface area contributed by atoms with Crippen molar-refractivity contribution in [3.8, 4) is 5.75 Å². The summed E-state index contributed by atoms with van der Waals surface area (Å²) in [6, 6.07) is 14.7. The number of nitrogens with one attached hydrogen (secondary N) is 1. The van der Waals surface area contributed by atoms with Crippen LogP contribution in [0.5, 0.6) is 5.75 Å². The van der Waals surface area contributed by atoms with Crippen molar-refractivity contribution in [1.82, 2.24) is 4.98 Å². The fraction of sp³-hybridized carbons (Fsp3) is 0.100. The minimum absolute atomic E-state index is 0.247. The molecule has 0 amide bonds. The third kappa shape index (κ3) is 3.95. The SMILES string of the molecule is COc1ccc(C=CC(=O)OCC(=O)c2c[nH]c3ccccc23)cc1. The van der Waals surface area contributed by atoms with Gasteiger partial charge in [-0.15, -0.1) is 0 Å². The number of aromatic amines is 1. The number of para-hydroxylation sites is 1. The van der Waals surface area contributed by atoms with Gasteiger partial charge in [0.15, 0.2) is 6.61 Å². The average Bonchev–Trinajstić information content (AvgIpc) is 3.09. The van der Waals surface area contributed by atoms with Crippen molar-refractivity contribution in [2.75, 3.05) is 13.7 Å². The fourth-order valence-corrected chi connectivity index (χ4v) is 2.44. The molecule has 0 saturated heterocycles. The molecule has 5 nitrogen and oxygen atoms in total. The predicted octanol–water partition coefficient (Wildman–Crippen LogP) is 3.62. The van der Waals surface area contributed by atoms with E-state index in [1.807, 2.05) is 36.4 Å². The van der Waals surface area contributed by atoms with E-state index in [2.05, 4.69) is 4.98 Å². The van der Waals surface area contributed by atoms with Gasteiger partial charge in [0.2, 0.25) is 5.78 Å². The third-order valence-corrected chi connectivity index (χ3v) is 3.76. The molecule has 0 aliphatic carbocycles. The summed E-state index contributed by atoms with van der Waals surface area (Å²) in [7, 11) is 1.59. The molecule has 0 saturated carbocycles. The first kappa shape index (κ1) is 16.5. The molecule has 3 aromatic rings. The number of hydrogen-bond donors (Lipinski definition) is 1. The van der Waals surface area contributed by atoms with Gasteiger partial charge in [-0.2, -0.15) is 0 Å². The second-order valence-electron chi connectivity index (χ2n) is 5.39. The zero-order chi connectivity index (χ0) is 17.6.